The molecule has 0 spiro atoms. The standard InChI is InChI=1S/C21H16ClN3O4S2/c22-16-10-4-7-13-19(16)31(28,29)25-20-21(24-18-12-6-5-11-17(18)23-20)30(26,27)14-15-8-2-1-3-9-15/h1-13H,14H2,(H,23,25). The molecule has 0 atom stereocenters. The number of halogens is 1. The van der Waals surface area contributed by atoms with Crippen LogP contribution < -0.4 is 4.72 Å². The number of anilines is 1. The zero-order chi connectivity index (χ0) is 22.1. The van der Waals surface area contributed by atoms with Crippen LogP contribution in [-0.4, -0.2) is 26.8 Å². The van der Waals surface area contributed by atoms with E-state index < -0.39 is 24.9 Å². The van der Waals surface area contributed by atoms with E-state index in [1.165, 1.54) is 18.2 Å². The Labute approximate surface area is 184 Å². The van der Waals surface area contributed by atoms with Gasteiger partial charge in [0.05, 0.1) is 21.8 Å². The van der Waals surface area contributed by atoms with Gasteiger partial charge < -0.3 is 0 Å². The minimum atomic E-state index is -4.22. The zero-order valence-electron chi connectivity index (χ0n) is 15.9. The van der Waals surface area contributed by atoms with Crippen molar-refractivity contribution in [2.24, 2.45) is 0 Å². The summed E-state index contributed by atoms with van der Waals surface area (Å²) in [6, 6.07) is 21.0. The Morgan fingerprint density at radius 2 is 1.32 bits per heavy atom. The van der Waals surface area contributed by atoms with E-state index in [4.69, 9.17) is 11.6 Å². The van der Waals surface area contributed by atoms with Crippen LogP contribution in [0.15, 0.2) is 88.8 Å². The second-order valence-corrected chi connectivity index (χ2v) is 10.6. The van der Waals surface area contributed by atoms with Crippen molar-refractivity contribution in [1.29, 1.82) is 0 Å². The molecular formula is C21H16ClN3O4S2. The highest BCUT2D eigenvalue weighted by Gasteiger charge is 2.27. The number of hydrogen-bond donors (Lipinski definition) is 1. The number of para-hydroxylation sites is 2. The number of aromatic nitrogens is 2. The van der Waals surface area contributed by atoms with Crippen LogP contribution in [0.1, 0.15) is 5.56 Å². The fourth-order valence-electron chi connectivity index (χ4n) is 2.97. The molecule has 0 bridgehead atoms. The third kappa shape index (κ3) is 4.53. The summed E-state index contributed by atoms with van der Waals surface area (Å²) in [5.74, 6) is -0.739. The lowest BCUT2D eigenvalue weighted by molar-refractivity contribution is 0.592. The molecular weight excluding hydrogens is 458 g/mol. The van der Waals surface area contributed by atoms with E-state index in [0.29, 0.717) is 16.6 Å². The summed E-state index contributed by atoms with van der Waals surface area (Å²) in [5.41, 5.74) is 1.21. The summed E-state index contributed by atoms with van der Waals surface area (Å²) in [4.78, 5) is 8.29. The number of benzene rings is 3. The molecule has 0 aliphatic rings. The largest absolute Gasteiger partial charge is 0.264 e. The SMILES string of the molecule is O=S(=O)(Cc1ccccc1)c1nc2ccccc2nc1NS(=O)(=O)c1ccccc1Cl. The van der Waals surface area contributed by atoms with Gasteiger partial charge in [0.1, 0.15) is 4.90 Å². The predicted molar refractivity (Wildman–Crippen MR) is 119 cm³/mol. The zero-order valence-corrected chi connectivity index (χ0v) is 18.3. The van der Waals surface area contributed by atoms with Crippen molar-refractivity contribution < 1.29 is 16.8 Å². The Bertz CT molecular complexity index is 1480. The van der Waals surface area contributed by atoms with Gasteiger partial charge in [0.15, 0.2) is 10.8 Å². The first kappa shape index (κ1) is 21.2. The predicted octanol–water partition coefficient (Wildman–Crippen LogP) is 4.06. The van der Waals surface area contributed by atoms with Gasteiger partial charge in [-0.15, -0.1) is 0 Å². The summed E-state index contributed by atoms with van der Waals surface area (Å²) >= 11 is 6.03. The lowest BCUT2D eigenvalue weighted by Gasteiger charge is -2.13. The van der Waals surface area contributed by atoms with Crippen molar-refractivity contribution in [2.45, 2.75) is 15.7 Å². The molecule has 31 heavy (non-hydrogen) atoms. The van der Waals surface area contributed by atoms with Crippen molar-refractivity contribution in [1.82, 2.24) is 9.97 Å². The van der Waals surface area contributed by atoms with Crippen molar-refractivity contribution in [2.75, 3.05) is 4.72 Å². The Balaban J connectivity index is 1.85. The number of fused-ring (bicyclic) bond motifs is 1. The first-order chi connectivity index (χ1) is 14.8. The summed E-state index contributed by atoms with van der Waals surface area (Å²) in [6.07, 6.45) is 0. The highest BCUT2D eigenvalue weighted by atomic mass is 35.5. The number of nitrogens with one attached hydrogen (secondary N) is 1. The van der Waals surface area contributed by atoms with E-state index in [-0.39, 0.29) is 21.5 Å². The van der Waals surface area contributed by atoms with Crippen LogP contribution in [-0.2, 0) is 25.6 Å². The summed E-state index contributed by atoms with van der Waals surface area (Å²) < 4.78 is 54.5. The second kappa shape index (κ2) is 8.26. The topological polar surface area (TPSA) is 106 Å². The summed E-state index contributed by atoms with van der Waals surface area (Å²) in [5, 5.41) is -0.455. The number of sulfone groups is 1. The van der Waals surface area contributed by atoms with E-state index >= 15 is 0 Å². The third-order valence-corrected chi connectivity index (χ3v) is 7.82. The number of sulfonamides is 1. The lowest BCUT2D eigenvalue weighted by Crippen LogP contribution is -2.19. The van der Waals surface area contributed by atoms with E-state index in [1.54, 1.807) is 60.7 Å². The highest BCUT2D eigenvalue weighted by Crippen LogP contribution is 2.28. The fourth-order valence-corrected chi connectivity index (χ4v) is 5.97. The van der Waals surface area contributed by atoms with Gasteiger partial charge in [-0.3, -0.25) is 4.72 Å². The number of nitrogens with zero attached hydrogens (tertiary/aromatic N) is 2. The van der Waals surface area contributed by atoms with Gasteiger partial charge in [-0.1, -0.05) is 66.2 Å². The first-order valence-corrected chi connectivity index (χ1v) is 12.6. The molecule has 1 N–H and O–H groups in total. The van der Waals surface area contributed by atoms with Gasteiger partial charge in [0, 0.05) is 0 Å². The van der Waals surface area contributed by atoms with Crippen LogP contribution in [0.5, 0.6) is 0 Å². The molecule has 158 valence electrons. The van der Waals surface area contributed by atoms with Crippen molar-refractivity contribution >= 4 is 48.3 Å². The van der Waals surface area contributed by atoms with Crippen LogP contribution in [0.4, 0.5) is 5.82 Å². The van der Waals surface area contributed by atoms with E-state index in [9.17, 15) is 16.8 Å². The maximum Gasteiger partial charge on any atom is 0.264 e. The molecule has 0 radical (unpaired) electrons. The minimum Gasteiger partial charge on any atom is -0.261 e. The van der Waals surface area contributed by atoms with Crippen molar-refractivity contribution in [3.8, 4) is 0 Å². The van der Waals surface area contributed by atoms with Gasteiger partial charge in [-0.25, -0.2) is 26.8 Å². The van der Waals surface area contributed by atoms with Crippen molar-refractivity contribution in [3.63, 3.8) is 0 Å². The van der Waals surface area contributed by atoms with Crippen LogP contribution in [0.2, 0.25) is 5.02 Å². The van der Waals surface area contributed by atoms with Crippen LogP contribution in [0.3, 0.4) is 0 Å². The van der Waals surface area contributed by atoms with Crippen LogP contribution >= 0.6 is 11.6 Å². The molecule has 4 rings (SSSR count). The third-order valence-electron chi connectivity index (χ3n) is 4.39. The molecule has 0 aliphatic heterocycles. The average molecular weight is 474 g/mol. The van der Waals surface area contributed by atoms with Gasteiger partial charge in [0.25, 0.3) is 10.0 Å². The van der Waals surface area contributed by atoms with E-state index in [0.717, 1.165) is 0 Å². The van der Waals surface area contributed by atoms with E-state index in [2.05, 4.69) is 14.7 Å². The molecule has 0 saturated carbocycles. The molecule has 1 aromatic heterocycles. The lowest BCUT2D eigenvalue weighted by atomic mass is 10.2. The van der Waals surface area contributed by atoms with Crippen LogP contribution in [0.25, 0.3) is 11.0 Å². The quantitative estimate of drug-likeness (QED) is 0.452. The van der Waals surface area contributed by atoms with E-state index in [1.807, 2.05) is 0 Å². The minimum absolute atomic E-state index is 0.00237. The summed E-state index contributed by atoms with van der Waals surface area (Å²) in [7, 11) is -8.25. The molecule has 0 aliphatic carbocycles. The molecule has 10 heteroatoms. The second-order valence-electron chi connectivity index (χ2n) is 6.65. The van der Waals surface area contributed by atoms with Gasteiger partial charge in [-0.05, 0) is 29.8 Å². The molecule has 0 saturated heterocycles. The first-order valence-electron chi connectivity index (χ1n) is 9.07. The molecule has 7 nitrogen and oxygen atoms in total. The van der Waals surface area contributed by atoms with Crippen LogP contribution in [0, 0.1) is 0 Å². The Morgan fingerprint density at radius 1 is 0.742 bits per heavy atom. The smallest absolute Gasteiger partial charge is 0.261 e. The van der Waals surface area contributed by atoms with Gasteiger partial charge in [0.2, 0.25) is 9.84 Å². The van der Waals surface area contributed by atoms with Gasteiger partial charge in [-0.2, -0.15) is 0 Å². The number of hydrogen-bond acceptors (Lipinski definition) is 6. The molecule has 3 aromatic carbocycles. The molecule has 0 amide bonds. The summed E-state index contributed by atoms with van der Waals surface area (Å²) in [6.45, 7) is 0. The average Bonchev–Trinajstić information content (AvgIpc) is 2.73. The number of rotatable bonds is 6. The molecule has 1 heterocycles. The maximum absolute atomic E-state index is 13.2. The molecule has 0 fully saturated rings. The Hall–Kier alpha value is -3.01. The Kier molecular flexibility index (Phi) is 5.65. The maximum atomic E-state index is 13.2. The fraction of sp³-hybridized carbons (Fsp3) is 0.0476. The molecule has 0 unspecified atom stereocenters. The van der Waals surface area contributed by atoms with Crippen molar-refractivity contribution in [3.05, 3.63) is 89.4 Å². The molecule has 4 aromatic rings. The normalized spacial score (nSPS) is 12.0. The van der Waals surface area contributed by atoms with Gasteiger partial charge >= 0.3 is 0 Å². The Morgan fingerprint density at radius 3 is 2.00 bits per heavy atom. The highest BCUT2D eigenvalue weighted by molar-refractivity contribution is 7.93. The monoisotopic (exact) mass is 473 g/mol.